The minimum Gasteiger partial charge on any atom is -0.357 e. The standard InChI is InChI=1S/C12H17N7/c1-13-10-16-11(18-12(17-10)19(2)3)15-8-9-4-6-14-7-5-9/h4-7H,8H2,1-3H3,(H2,13,15,16,17,18). The molecule has 2 N–H and O–H groups in total. The summed E-state index contributed by atoms with van der Waals surface area (Å²) in [5.74, 6) is 1.69. The van der Waals surface area contributed by atoms with Gasteiger partial charge in [0.25, 0.3) is 0 Å². The van der Waals surface area contributed by atoms with E-state index in [-0.39, 0.29) is 0 Å². The molecule has 0 atom stereocenters. The van der Waals surface area contributed by atoms with E-state index < -0.39 is 0 Å². The van der Waals surface area contributed by atoms with Crippen LogP contribution >= 0.6 is 0 Å². The molecule has 0 aliphatic carbocycles. The molecule has 0 saturated heterocycles. The molecule has 7 heteroatoms. The molecule has 19 heavy (non-hydrogen) atoms. The summed E-state index contributed by atoms with van der Waals surface area (Å²) in [5.41, 5.74) is 1.12. The van der Waals surface area contributed by atoms with Gasteiger partial charge in [0.05, 0.1) is 0 Å². The first-order valence-corrected chi connectivity index (χ1v) is 5.93. The van der Waals surface area contributed by atoms with Crippen molar-refractivity contribution in [3.8, 4) is 0 Å². The van der Waals surface area contributed by atoms with Crippen LogP contribution in [0.3, 0.4) is 0 Å². The Morgan fingerprint density at radius 2 is 1.74 bits per heavy atom. The number of hydrogen-bond donors (Lipinski definition) is 2. The van der Waals surface area contributed by atoms with Crippen molar-refractivity contribution in [1.82, 2.24) is 19.9 Å². The Morgan fingerprint density at radius 1 is 1.05 bits per heavy atom. The highest BCUT2D eigenvalue weighted by Gasteiger charge is 2.06. The van der Waals surface area contributed by atoms with Crippen molar-refractivity contribution in [3.05, 3.63) is 30.1 Å². The molecule has 0 aromatic carbocycles. The second-order valence-electron chi connectivity index (χ2n) is 4.14. The summed E-state index contributed by atoms with van der Waals surface area (Å²) >= 11 is 0. The van der Waals surface area contributed by atoms with Crippen molar-refractivity contribution < 1.29 is 0 Å². The summed E-state index contributed by atoms with van der Waals surface area (Å²) in [6, 6.07) is 3.89. The predicted molar refractivity (Wildman–Crippen MR) is 75.3 cm³/mol. The third kappa shape index (κ3) is 3.51. The molecular formula is C12H17N7. The first kappa shape index (κ1) is 13.0. The maximum atomic E-state index is 4.33. The lowest BCUT2D eigenvalue weighted by Gasteiger charge is -2.13. The molecule has 2 aromatic heterocycles. The molecule has 0 aliphatic rings. The fraction of sp³-hybridized carbons (Fsp3) is 0.333. The fourth-order valence-corrected chi connectivity index (χ4v) is 1.44. The lowest BCUT2D eigenvalue weighted by Crippen LogP contribution is -2.16. The minimum absolute atomic E-state index is 0.538. The van der Waals surface area contributed by atoms with Crippen LogP contribution in [0.1, 0.15) is 5.56 Å². The molecule has 0 aliphatic heterocycles. The minimum atomic E-state index is 0.538. The molecule has 0 fully saturated rings. The third-order valence-corrected chi connectivity index (χ3v) is 2.45. The van der Waals surface area contributed by atoms with Crippen molar-refractivity contribution in [2.24, 2.45) is 0 Å². The Hall–Kier alpha value is -2.44. The number of pyridine rings is 1. The van der Waals surface area contributed by atoms with Gasteiger partial charge in [-0.15, -0.1) is 0 Å². The van der Waals surface area contributed by atoms with Gasteiger partial charge in [-0.05, 0) is 17.7 Å². The van der Waals surface area contributed by atoms with Gasteiger partial charge in [-0.3, -0.25) is 4.98 Å². The molecule has 0 amide bonds. The SMILES string of the molecule is CNc1nc(NCc2ccncc2)nc(N(C)C)n1. The zero-order valence-corrected chi connectivity index (χ0v) is 11.3. The van der Waals surface area contributed by atoms with Gasteiger partial charge in [0.15, 0.2) is 0 Å². The van der Waals surface area contributed by atoms with E-state index in [4.69, 9.17) is 0 Å². The molecular weight excluding hydrogens is 242 g/mol. The largest absolute Gasteiger partial charge is 0.357 e. The van der Waals surface area contributed by atoms with E-state index in [0.29, 0.717) is 24.4 Å². The lowest BCUT2D eigenvalue weighted by atomic mass is 10.3. The van der Waals surface area contributed by atoms with Crippen molar-refractivity contribution >= 4 is 17.8 Å². The summed E-state index contributed by atoms with van der Waals surface area (Å²) in [4.78, 5) is 18.7. The second kappa shape index (κ2) is 5.94. The average Bonchev–Trinajstić information content (AvgIpc) is 2.45. The average molecular weight is 259 g/mol. The van der Waals surface area contributed by atoms with Gasteiger partial charge < -0.3 is 15.5 Å². The van der Waals surface area contributed by atoms with Gasteiger partial charge in [-0.2, -0.15) is 15.0 Å². The summed E-state index contributed by atoms with van der Waals surface area (Å²) in [7, 11) is 5.56. The fourth-order valence-electron chi connectivity index (χ4n) is 1.44. The molecule has 100 valence electrons. The maximum Gasteiger partial charge on any atom is 0.231 e. The second-order valence-corrected chi connectivity index (χ2v) is 4.14. The van der Waals surface area contributed by atoms with Crippen LogP contribution in [0.25, 0.3) is 0 Å². The van der Waals surface area contributed by atoms with E-state index >= 15 is 0 Å². The van der Waals surface area contributed by atoms with Crippen LogP contribution in [0.5, 0.6) is 0 Å². The quantitative estimate of drug-likeness (QED) is 0.828. The molecule has 2 rings (SSSR count). The highest BCUT2D eigenvalue weighted by molar-refractivity contribution is 5.42. The van der Waals surface area contributed by atoms with E-state index in [0.717, 1.165) is 5.56 Å². The van der Waals surface area contributed by atoms with E-state index in [9.17, 15) is 0 Å². The number of rotatable bonds is 5. The predicted octanol–water partition coefficient (Wildman–Crippen LogP) is 0.986. The summed E-state index contributed by atoms with van der Waals surface area (Å²) in [6.45, 7) is 0.641. The van der Waals surface area contributed by atoms with Crippen molar-refractivity contribution in [3.63, 3.8) is 0 Å². The first-order chi connectivity index (χ1) is 9.19. The molecule has 0 radical (unpaired) electrons. The topological polar surface area (TPSA) is 78.9 Å². The molecule has 0 unspecified atom stereocenters. The Labute approximate surface area is 112 Å². The maximum absolute atomic E-state index is 4.33. The molecule has 2 heterocycles. The van der Waals surface area contributed by atoms with Crippen LogP contribution < -0.4 is 15.5 Å². The van der Waals surface area contributed by atoms with Crippen LogP contribution in [-0.4, -0.2) is 41.1 Å². The Balaban J connectivity index is 2.13. The van der Waals surface area contributed by atoms with Gasteiger partial charge >= 0.3 is 0 Å². The van der Waals surface area contributed by atoms with Gasteiger partial charge in [-0.25, -0.2) is 0 Å². The van der Waals surface area contributed by atoms with Crippen LogP contribution in [0, 0.1) is 0 Å². The number of aromatic nitrogens is 4. The van der Waals surface area contributed by atoms with Crippen molar-refractivity contribution in [1.29, 1.82) is 0 Å². The van der Waals surface area contributed by atoms with Gasteiger partial charge in [0.1, 0.15) is 0 Å². The third-order valence-electron chi connectivity index (χ3n) is 2.45. The normalized spacial score (nSPS) is 10.1. The van der Waals surface area contributed by atoms with Crippen LogP contribution in [-0.2, 0) is 6.54 Å². The molecule has 7 nitrogen and oxygen atoms in total. The highest BCUT2D eigenvalue weighted by Crippen LogP contribution is 2.11. The molecule has 0 spiro atoms. The number of nitrogens with zero attached hydrogens (tertiary/aromatic N) is 5. The zero-order chi connectivity index (χ0) is 13.7. The van der Waals surface area contributed by atoms with Crippen molar-refractivity contribution in [2.75, 3.05) is 36.7 Å². The highest BCUT2D eigenvalue weighted by atomic mass is 15.3. The van der Waals surface area contributed by atoms with E-state index in [1.165, 1.54) is 0 Å². The number of anilines is 3. The first-order valence-electron chi connectivity index (χ1n) is 5.93. The molecule has 0 saturated carbocycles. The Bertz CT molecular complexity index is 527. The lowest BCUT2D eigenvalue weighted by molar-refractivity contribution is 0.944. The summed E-state index contributed by atoms with van der Waals surface area (Å²) in [5, 5.41) is 6.10. The van der Waals surface area contributed by atoms with E-state index in [1.54, 1.807) is 19.4 Å². The van der Waals surface area contributed by atoms with E-state index in [2.05, 4.69) is 30.6 Å². The van der Waals surface area contributed by atoms with Gasteiger partial charge in [0, 0.05) is 40.1 Å². The van der Waals surface area contributed by atoms with Crippen molar-refractivity contribution in [2.45, 2.75) is 6.54 Å². The Kier molecular flexibility index (Phi) is 4.07. The smallest absolute Gasteiger partial charge is 0.231 e. The van der Waals surface area contributed by atoms with E-state index in [1.807, 2.05) is 31.1 Å². The number of nitrogens with one attached hydrogen (secondary N) is 2. The van der Waals surface area contributed by atoms with Gasteiger partial charge in [-0.1, -0.05) is 0 Å². The van der Waals surface area contributed by atoms with Crippen LogP contribution in [0.15, 0.2) is 24.5 Å². The van der Waals surface area contributed by atoms with Gasteiger partial charge in [0.2, 0.25) is 17.8 Å². The monoisotopic (exact) mass is 259 g/mol. The zero-order valence-electron chi connectivity index (χ0n) is 11.3. The number of hydrogen-bond acceptors (Lipinski definition) is 7. The molecule has 2 aromatic rings. The Morgan fingerprint density at radius 3 is 2.37 bits per heavy atom. The summed E-state index contributed by atoms with van der Waals surface area (Å²) in [6.07, 6.45) is 3.52. The van der Waals surface area contributed by atoms with Crippen LogP contribution in [0.4, 0.5) is 17.8 Å². The van der Waals surface area contributed by atoms with Crippen LogP contribution in [0.2, 0.25) is 0 Å². The summed E-state index contributed by atoms with van der Waals surface area (Å²) < 4.78 is 0. The molecule has 0 bridgehead atoms.